The van der Waals surface area contributed by atoms with E-state index in [1.54, 1.807) is 10.7 Å². The van der Waals surface area contributed by atoms with E-state index in [4.69, 9.17) is 19.9 Å². The summed E-state index contributed by atoms with van der Waals surface area (Å²) >= 11 is 0. The van der Waals surface area contributed by atoms with Crippen LogP contribution < -0.4 is 19.9 Å². The Balaban J connectivity index is 1.95. The minimum absolute atomic E-state index is 0.162. The third kappa shape index (κ3) is 2.03. The summed E-state index contributed by atoms with van der Waals surface area (Å²) in [5.74, 6) is 2.59. The van der Waals surface area contributed by atoms with Gasteiger partial charge in [0, 0.05) is 6.07 Å². The Morgan fingerprint density at radius 2 is 2.05 bits per heavy atom. The maximum absolute atomic E-state index is 6.04. The van der Waals surface area contributed by atoms with Gasteiger partial charge in [-0.15, -0.1) is 0 Å². The van der Waals surface area contributed by atoms with Crippen molar-refractivity contribution in [2.75, 3.05) is 12.5 Å². The van der Waals surface area contributed by atoms with Crippen molar-refractivity contribution in [2.24, 2.45) is 0 Å². The van der Waals surface area contributed by atoms with Gasteiger partial charge in [0.15, 0.2) is 11.5 Å². The van der Waals surface area contributed by atoms with Gasteiger partial charge in [0.05, 0.1) is 11.7 Å². The highest BCUT2D eigenvalue weighted by molar-refractivity contribution is 5.55. The average molecular weight is 275 g/mol. The second-order valence-corrected chi connectivity index (χ2v) is 4.96. The highest BCUT2D eigenvalue weighted by atomic mass is 16.7. The number of benzene rings is 1. The SMILES string of the molecule is Cc1nn(C(C)C)c(Oc2ccc3c(c2)OCO3)c1N. The van der Waals surface area contributed by atoms with Crippen LogP contribution in [0, 0.1) is 6.92 Å². The van der Waals surface area contributed by atoms with Crippen molar-refractivity contribution in [3.05, 3.63) is 23.9 Å². The van der Waals surface area contributed by atoms with E-state index in [0.717, 1.165) is 11.4 Å². The number of rotatable bonds is 3. The van der Waals surface area contributed by atoms with Gasteiger partial charge in [-0.2, -0.15) is 5.10 Å². The van der Waals surface area contributed by atoms with E-state index in [9.17, 15) is 0 Å². The molecule has 0 atom stereocenters. The van der Waals surface area contributed by atoms with Gasteiger partial charge in [0.2, 0.25) is 12.7 Å². The van der Waals surface area contributed by atoms with Gasteiger partial charge in [-0.05, 0) is 32.9 Å². The number of nitrogens with zero attached hydrogens (tertiary/aromatic N) is 2. The van der Waals surface area contributed by atoms with Crippen molar-refractivity contribution in [2.45, 2.75) is 26.8 Å². The summed E-state index contributed by atoms with van der Waals surface area (Å²) in [5, 5.41) is 4.39. The number of aryl methyl sites for hydroxylation is 1. The van der Waals surface area contributed by atoms with Crippen molar-refractivity contribution < 1.29 is 14.2 Å². The molecule has 0 radical (unpaired) electrons. The average Bonchev–Trinajstić information content (AvgIpc) is 2.98. The lowest BCUT2D eigenvalue weighted by molar-refractivity contribution is 0.174. The largest absolute Gasteiger partial charge is 0.454 e. The number of nitrogens with two attached hydrogens (primary N) is 1. The Bertz CT molecular complexity index is 649. The molecular formula is C14H17N3O3. The Morgan fingerprint density at radius 1 is 1.30 bits per heavy atom. The zero-order valence-corrected chi connectivity index (χ0v) is 11.7. The predicted octanol–water partition coefficient (Wildman–Crippen LogP) is 2.88. The van der Waals surface area contributed by atoms with Crippen LogP contribution in [0.4, 0.5) is 5.69 Å². The molecule has 6 heteroatoms. The molecule has 0 aliphatic carbocycles. The summed E-state index contributed by atoms with van der Waals surface area (Å²) in [4.78, 5) is 0. The van der Waals surface area contributed by atoms with E-state index in [0.29, 0.717) is 23.1 Å². The highest BCUT2D eigenvalue weighted by Crippen LogP contribution is 2.38. The smallest absolute Gasteiger partial charge is 0.241 e. The fraction of sp³-hybridized carbons (Fsp3) is 0.357. The van der Waals surface area contributed by atoms with Gasteiger partial charge in [-0.1, -0.05) is 0 Å². The maximum atomic E-state index is 6.04. The second kappa shape index (κ2) is 4.63. The molecule has 6 nitrogen and oxygen atoms in total. The van der Waals surface area contributed by atoms with Gasteiger partial charge in [0.1, 0.15) is 11.4 Å². The number of ether oxygens (including phenoxy) is 3. The van der Waals surface area contributed by atoms with Gasteiger partial charge in [0.25, 0.3) is 0 Å². The van der Waals surface area contributed by atoms with Crippen LogP contribution in [-0.4, -0.2) is 16.6 Å². The summed E-state index contributed by atoms with van der Waals surface area (Å²) in [5.41, 5.74) is 7.35. The molecule has 3 rings (SSSR count). The molecule has 2 heterocycles. The standard InChI is InChI=1S/C14H17N3O3/c1-8(2)17-14(13(15)9(3)16-17)20-10-4-5-11-12(6-10)19-7-18-11/h4-6,8H,7,15H2,1-3H3. The van der Waals surface area contributed by atoms with Crippen molar-refractivity contribution in [3.8, 4) is 23.1 Å². The Hall–Kier alpha value is -2.37. The lowest BCUT2D eigenvalue weighted by Gasteiger charge is -2.12. The first-order valence-corrected chi connectivity index (χ1v) is 6.48. The molecule has 0 saturated heterocycles. The van der Waals surface area contributed by atoms with E-state index in [2.05, 4.69) is 5.10 Å². The van der Waals surface area contributed by atoms with E-state index in [1.165, 1.54) is 0 Å². The van der Waals surface area contributed by atoms with Crippen molar-refractivity contribution in [3.63, 3.8) is 0 Å². The quantitative estimate of drug-likeness (QED) is 0.932. The fourth-order valence-corrected chi connectivity index (χ4v) is 2.04. The molecule has 20 heavy (non-hydrogen) atoms. The molecule has 0 saturated carbocycles. The molecule has 0 bridgehead atoms. The normalized spacial score (nSPS) is 13.0. The third-order valence-corrected chi connectivity index (χ3v) is 3.13. The minimum Gasteiger partial charge on any atom is -0.454 e. The number of hydrogen-bond acceptors (Lipinski definition) is 5. The summed E-state index contributed by atoms with van der Waals surface area (Å²) in [6.45, 7) is 6.15. The Labute approximate surface area is 117 Å². The van der Waals surface area contributed by atoms with E-state index >= 15 is 0 Å². The molecule has 2 aromatic rings. The second-order valence-electron chi connectivity index (χ2n) is 4.96. The molecule has 0 fully saturated rings. The van der Waals surface area contributed by atoms with Gasteiger partial charge in [-0.3, -0.25) is 0 Å². The van der Waals surface area contributed by atoms with Crippen LogP contribution in [0.1, 0.15) is 25.6 Å². The molecule has 1 aromatic heterocycles. The predicted molar refractivity (Wildman–Crippen MR) is 74.4 cm³/mol. The molecule has 1 aliphatic rings. The molecule has 1 aliphatic heterocycles. The van der Waals surface area contributed by atoms with Crippen LogP contribution in [0.5, 0.6) is 23.1 Å². The first-order valence-electron chi connectivity index (χ1n) is 6.48. The van der Waals surface area contributed by atoms with Crippen LogP contribution in [0.25, 0.3) is 0 Å². The summed E-state index contributed by atoms with van der Waals surface area (Å²) in [6, 6.07) is 5.58. The third-order valence-electron chi connectivity index (χ3n) is 3.13. The molecule has 106 valence electrons. The van der Waals surface area contributed by atoms with Crippen molar-refractivity contribution >= 4 is 5.69 Å². The zero-order valence-electron chi connectivity index (χ0n) is 11.7. The molecule has 2 N–H and O–H groups in total. The van der Waals surface area contributed by atoms with Crippen LogP contribution in [0.15, 0.2) is 18.2 Å². The van der Waals surface area contributed by atoms with Gasteiger partial charge >= 0.3 is 0 Å². The molecular weight excluding hydrogens is 258 g/mol. The first kappa shape index (κ1) is 12.7. The lowest BCUT2D eigenvalue weighted by atomic mass is 10.3. The maximum Gasteiger partial charge on any atom is 0.241 e. The van der Waals surface area contributed by atoms with Gasteiger partial charge < -0.3 is 19.9 Å². The number of fused-ring (bicyclic) bond motifs is 1. The fourth-order valence-electron chi connectivity index (χ4n) is 2.04. The molecule has 0 unspecified atom stereocenters. The molecule has 0 amide bonds. The van der Waals surface area contributed by atoms with Crippen molar-refractivity contribution in [1.29, 1.82) is 0 Å². The van der Waals surface area contributed by atoms with E-state index in [-0.39, 0.29) is 12.8 Å². The first-order chi connectivity index (χ1) is 9.56. The number of anilines is 1. The van der Waals surface area contributed by atoms with Crippen LogP contribution in [-0.2, 0) is 0 Å². The highest BCUT2D eigenvalue weighted by Gasteiger charge is 2.19. The Morgan fingerprint density at radius 3 is 2.80 bits per heavy atom. The number of aromatic nitrogens is 2. The van der Waals surface area contributed by atoms with Crippen molar-refractivity contribution in [1.82, 2.24) is 9.78 Å². The summed E-state index contributed by atoms with van der Waals surface area (Å²) in [6.07, 6.45) is 0. The van der Waals surface area contributed by atoms with E-state index < -0.39 is 0 Å². The zero-order chi connectivity index (χ0) is 14.3. The molecule has 0 spiro atoms. The molecule has 1 aromatic carbocycles. The summed E-state index contributed by atoms with van der Waals surface area (Å²) in [7, 11) is 0. The summed E-state index contributed by atoms with van der Waals surface area (Å²) < 4.78 is 18.3. The topological polar surface area (TPSA) is 71.5 Å². The van der Waals surface area contributed by atoms with Gasteiger partial charge in [-0.25, -0.2) is 4.68 Å². The Kier molecular flexibility index (Phi) is 2.93. The van der Waals surface area contributed by atoms with Crippen LogP contribution in [0.3, 0.4) is 0 Å². The minimum atomic E-state index is 0.162. The number of nitrogen functional groups attached to an aromatic ring is 1. The monoisotopic (exact) mass is 275 g/mol. The lowest BCUT2D eigenvalue weighted by Crippen LogP contribution is -2.05. The van der Waals surface area contributed by atoms with E-state index in [1.807, 2.05) is 32.9 Å². The van der Waals surface area contributed by atoms with Crippen LogP contribution >= 0.6 is 0 Å². The number of hydrogen-bond donors (Lipinski definition) is 1. The van der Waals surface area contributed by atoms with Crippen LogP contribution in [0.2, 0.25) is 0 Å².